The van der Waals surface area contributed by atoms with Crippen LogP contribution in [-0.2, 0) is 6.54 Å². The molecule has 0 saturated heterocycles. The summed E-state index contributed by atoms with van der Waals surface area (Å²) in [6, 6.07) is 4.31. The molecule has 0 radical (unpaired) electrons. The maximum absolute atomic E-state index is 4.25. The fourth-order valence-electron chi connectivity index (χ4n) is 1.18. The zero-order valence-corrected chi connectivity index (χ0v) is 9.84. The molecule has 0 fully saturated rings. The Labute approximate surface area is 91.6 Å². The molecule has 0 unspecified atom stereocenters. The third kappa shape index (κ3) is 2.33. The average molecular weight is 224 g/mol. The van der Waals surface area contributed by atoms with E-state index < -0.39 is 0 Å². The Kier molecular flexibility index (Phi) is 2.84. The van der Waals surface area contributed by atoms with Crippen molar-refractivity contribution in [1.29, 1.82) is 0 Å². The van der Waals surface area contributed by atoms with Crippen molar-refractivity contribution in [3.8, 4) is 0 Å². The molecule has 0 atom stereocenters. The minimum absolute atomic E-state index is 0.880. The van der Waals surface area contributed by atoms with Crippen molar-refractivity contribution in [3.05, 3.63) is 33.0 Å². The van der Waals surface area contributed by atoms with Gasteiger partial charge in [-0.25, -0.2) is 4.98 Å². The maximum Gasteiger partial charge on any atom is 0.183 e. The summed E-state index contributed by atoms with van der Waals surface area (Å²) in [4.78, 5) is 8.21. The predicted octanol–water partition coefficient (Wildman–Crippen LogP) is 3.43. The Balaban J connectivity index is 1.94. The quantitative estimate of drug-likeness (QED) is 0.864. The van der Waals surface area contributed by atoms with Gasteiger partial charge in [0, 0.05) is 20.8 Å². The molecule has 0 saturated carbocycles. The summed E-state index contributed by atoms with van der Waals surface area (Å²) < 4.78 is 0. The van der Waals surface area contributed by atoms with Gasteiger partial charge in [-0.05, 0) is 26.0 Å². The lowest BCUT2D eigenvalue weighted by molar-refractivity contribution is 1.17. The summed E-state index contributed by atoms with van der Waals surface area (Å²) >= 11 is 3.52. The molecule has 0 aliphatic rings. The van der Waals surface area contributed by atoms with E-state index in [1.165, 1.54) is 14.6 Å². The Hall–Kier alpha value is -0.870. The van der Waals surface area contributed by atoms with Crippen LogP contribution in [0.1, 0.15) is 14.6 Å². The molecule has 2 heterocycles. The number of nitrogens with one attached hydrogen (secondary N) is 1. The van der Waals surface area contributed by atoms with Gasteiger partial charge in [0.15, 0.2) is 5.13 Å². The van der Waals surface area contributed by atoms with Crippen LogP contribution in [0.25, 0.3) is 0 Å². The molecule has 0 aliphatic carbocycles. The smallest absolute Gasteiger partial charge is 0.183 e. The topological polar surface area (TPSA) is 24.9 Å². The van der Waals surface area contributed by atoms with Gasteiger partial charge in [-0.3, -0.25) is 0 Å². The summed E-state index contributed by atoms with van der Waals surface area (Å²) in [7, 11) is 0. The van der Waals surface area contributed by atoms with Crippen LogP contribution < -0.4 is 5.32 Å². The van der Waals surface area contributed by atoms with Crippen LogP contribution in [0.5, 0.6) is 0 Å². The molecule has 2 rings (SSSR count). The molecule has 1 N–H and O–H groups in total. The van der Waals surface area contributed by atoms with Crippen molar-refractivity contribution < 1.29 is 0 Å². The van der Waals surface area contributed by atoms with Gasteiger partial charge in [-0.1, -0.05) is 0 Å². The van der Waals surface area contributed by atoms with E-state index in [2.05, 4.69) is 36.3 Å². The lowest BCUT2D eigenvalue weighted by Crippen LogP contribution is -1.95. The Morgan fingerprint density at radius 1 is 1.21 bits per heavy atom. The summed E-state index contributed by atoms with van der Waals surface area (Å²) in [5, 5.41) is 4.32. The normalized spacial score (nSPS) is 10.4. The van der Waals surface area contributed by atoms with Gasteiger partial charge >= 0.3 is 0 Å². The van der Waals surface area contributed by atoms with Crippen molar-refractivity contribution in [2.24, 2.45) is 0 Å². The minimum Gasteiger partial charge on any atom is -0.357 e. The van der Waals surface area contributed by atoms with Crippen molar-refractivity contribution in [3.63, 3.8) is 0 Å². The zero-order valence-electron chi connectivity index (χ0n) is 8.20. The summed E-state index contributed by atoms with van der Waals surface area (Å²) in [5.41, 5.74) is 0. The second-order valence-corrected chi connectivity index (χ2v) is 5.75. The number of aryl methyl sites for hydroxylation is 2. The first-order chi connectivity index (χ1) is 6.74. The molecule has 0 aromatic carbocycles. The molecule has 2 aromatic rings. The van der Waals surface area contributed by atoms with Crippen LogP contribution in [0.4, 0.5) is 5.13 Å². The van der Waals surface area contributed by atoms with E-state index in [4.69, 9.17) is 0 Å². The third-order valence-electron chi connectivity index (χ3n) is 1.83. The number of nitrogens with zero attached hydrogens (tertiary/aromatic N) is 1. The van der Waals surface area contributed by atoms with E-state index in [1.807, 2.05) is 17.5 Å². The number of hydrogen-bond donors (Lipinski definition) is 1. The summed E-state index contributed by atoms with van der Waals surface area (Å²) in [5.74, 6) is 0. The third-order valence-corrected chi connectivity index (χ3v) is 3.70. The van der Waals surface area contributed by atoms with E-state index in [9.17, 15) is 0 Å². The van der Waals surface area contributed by atoms with E-state index in [0.29, 0.717) is 0 Å². The fraction of sp³-hybridized carbons (Fsp3) is 0.300. The van der Waals surface area contributed by atoms with Crippen LogP contribution in [-0.4, -0.2) is 4.98 Å². The van der Waals surface area contributed by atoms with E-state index >= 15 is 0 Å². The maximum atomic E-state index is 4.25. The fourth-order valence-corrected chi connectivity index (χ4v) is 2.67. The van der Waals surface area contributed by atoms with Gasteiger partial charge in [0.1, 0.15) is 0 Å². The average Bonchev–Trinajstić information content (AvgIpc) is 2.72. The first-order valence-electron chi connectivity index (χ1n) is 4.45. The highest BCUT2D eigenvalue weighted by molar-refractivity contribution is 7.15. The number of rotatable bonds is 3. The standard InChI is InChI=1S/C10H12N2S2/c1-7-3-4-9(13-7)6-12-10-11-5-8(2)14-10/h3-5H,6H2,1-2H3,(H,11,12). The highest BCUT2D eigenvalue weighted by Crippen LogP contribution is 2.20. The van der Waals surface area contributed by atoms with Crippen molar-refractivity contribution in [2.45, 2.75) is 20.4 Å². The molecule has 2 nitrogen and oxygen atoms in total. The largest absolute Gasteiger partial charge is 0.357 e. The van der Waals surface area contributed by atoms with Crippen molar-refractivity contribution in [1.82, 2.24) is 4.98 Å². The number of anilines is 1. The van der Waals surface area contributed by atoms with Gasteiger partial charge in [0.2, 0.25) is 0 Å². The predicted molar refractivity (Wildman–Crippen MR) is 63.2 cm³/mol. The Morgan fingerprint density at radius 2 is 2.07 bits per heavy atom. The van der Waals surface area contributed by atoms with Crippen molar-refractivity contribution in [2.75, 3.05) is 5.32 Å². The SMILES string of the molecule is Cc1ccc(CNc2ncc(C)s2)s1. The van der Waals surface area contributed by atoms with Gasteiger partial charge in [-0.15, -0.1) is 22.7 Å². The molecular formula is C10H12N2S2. The highest BCUT2D eigenvalue weighted by atomic mass is 32.1. The summed E-state index contributed by atoms with van der Waals surface area (Å²) in [6.45, 7) is 5.07. The first-order valence-corrected chi connectivity index (χ1v) is 6.09. The Morgan fingerprint density at radius 3 is 2.64 bits per heavy atom. The second kappa shape index (κ2) is 4.11. The van der Waals surface area contributed by atoms with E-state index in [-0.39, 0.29) is 0 Å². The van der Waals surface area contributed by atoms with E-state index in [0.717, 1.165) is 11.7 Å². The number of thiophene rings is 1. The first kappa shape index (κ1) is 9.68. The zero-order chi connectivity index (χ0) is 9.97. The molecule has 0 aliphatic heterocycles. The number of aromatic nitrogens is 1. The molecular weight excluding hydrogens is 212 g/mol. The molecule has 0 spiro atoms. The minimum atomic E-state index is 0.880. The van der Waals surface area contributed by atoms with Gasteiger partial charge in [0.05, 0.1) is 6.54 Å². The number of thiazole rings is 1. The molecule has 2 aromatic heterocycles. The lowest BCUT2D eigenvalue weighted by atomic mass is 10.4. The van der Waals surface area contributed by atoms with Crippen LogP contribution in [0.2, 0.25) is 0 Å². The molecule has 0 amide bonds. The second-order valence-electron chi connectivity index (χ2n) is 3.14. The monoisotopic (exact) mass is 224 g/mol. The number of hydrogen-bond acceptors (Lipinski definition) is 4. The highest BCUT2D eigenvalue weighted by Gasteiger charge is 1.99. The van der Waals surface area contributed by atoms with Crippen LogP contribution in [0, 0.1) is 13.8 Å². The van der Waals surface area contributed by atoms with Gasteiger partial charge < -0.3 is 5.32 Å². The van der Waals surface area contributed by atoms with Crippen LogP contribution in [0.15, 0.2) is 18.3 Å². The molecule has 4 heteroatoms. The molecule has 0 bridgehead atoms. The van der Waals surface area contributed by atoms with Gasteiger partial charge in [0.25, 0.3) is 0 Å². The molecule has 74 valence electrons. The van der Waals surface area contributed by atoms with E-state index in [1.54, 1.807) is 11.3 Å². The van der Waals surface area contributed by atoms with Crippen LogP contribution in [0.3, 0.4) is 0 Å². The Bertz CT molecular complexity index is 377. The van der Waals surface area contributed by atoms with Crippen molar-refractivity contribution >= 4 is 27.8 Å². The van der Waals surface area contributed by atoms with Gasteiger partial charge in [-0.2, -0.15) is 0 Å². The summed E-state index contributed by atoms with van der Waals surface area (Å²) in [6.07, 6.45) is 1.90. The van der Waals surface area contributed by atoms with Crippen LogP contribution >= 0.6 is 22.7 Å². The lowest BCUT2D eigenvalue weighted by Gasteiger charge is -1.98. The molecule has 14 heavy (non-hydrogen) atoms.